The Hall–Kier alpha value is -4.61. The van der Waals surface area contributed by atoms with Gasteiger partial charge >= 0.3 is 6.09 Å². The number of ether oxygens (including phenoxy) is 3. The Balaban J connectivity index is 1.36. The number of sulfonamides is 1. The highest BCUT2D eigenvalue weighted by atomic mass is 32.2. The van der Waals surface area contributed by atoms with Crippen LogP contribution in [0.1, 0.15) is 79.6 Å². The maximum atomic E-state index is 14.8. The van der Waals surface area contributed by atoms with Gasteiger partial charge in [0.2, 0.25) is 27.7 Å². The highest BCUT2D eigenvalue weighted by Gasteiger charge is 2.64. The molecule has 2 aliphatic carbocycles. The second-order valence-corrected chi connectivity index (χ2v) is 19.0. The number of halogens is 3. The van der Waals surface area contributed by atoms with Gasteiger partial charge in [-0.15, -0.1) is 0 Å². The molecule has 2 saturated carbocycles. The van der Waals surface area contributed by atoms with Gasteiger partial charge in [-0.1, -0.05) is 44.2 Å². The van der Waals surface area contributed by atoms with E-state index in [0.29, 0.717) is 42.7 Å². The van der Waals surface area contributed by atoms with Crippen molar-refractivity contribution >= 4 is 44.6 Å². The van der Waals surface area contributed by atoms with Crippen molar-refractivity contribution in [2.24, 2.45) is 17.8 Å². The molecule has 2 aliphatic heterocycles. The number of hydrogen-bond acceptors (Lipinski definition) is 10. The molecule has 0 unspecified atom stereocenters. The minimum atomic E-state index is -4.44. The summed E-state index contributed by atoms with van der Waals surface area (Å²) >= 11 is 0. The largest absolute Gasteiger partial charge is 0.494 e. The first-order valence-corrected chi connectivity index (χ1v) is 21.0. The number of alkyl halides is 3. The summed E-state index contributed by atoms with van der Waals surface area (Å²) in [5.74, 6) is -6.49. The van der Waals surface area contributed by atoms with E-state index in [1.807, 2.05) is 29.9 Å². The van der Waals surface area contributed by atoms with Gasteiger partial charge in [0.15, 0.2) is 5.60 Å². The summed E-state index contributed by atoms with van der Waals surface area (Å²) in [6.07, 6.45) is 4.55. The number of carbonyl (C=O) groups excluding carboxylic acids is 4. The lowest BCUT2D eigenvalue weighted by Crippen LogP contribution is -2.60. The molecule has 3 fully saturated rings. The van der Waals surface area contributed by atoms with Crippen molar-refractivity contribution in [2.45, 2.75) is 120 Å². The summed E-state index contributed by atoms with van der Waals surface area (Å²) in [6, 6.07) is 4.51. The van der Waals surface area contributed by atoms with Crippen molar-refractivity contribution in [3.8, 4) is 11.6 Å². The average Bonchev–Trinajstić information content (AvgIpc) is 4.06. The zero-order chi connectivity index (χ0) is 42.4. The zero-order valence-electron chi connectivity index (χ0n) is 33.5. The predicted octanol–water partition coefficient (Wildman–Crippen LogP) is 4.96. The van der Waals surface area contributed by atoms with E-state index in [0.717, 1.165) is 13.8 Å². The molecule has 4 aliphatic rings. The first-order valence-electron chi connectivity index (χ1n) is 19.5. The molecular weight excluding hydrogens is 784 g/mol. The molecule has 4 amide bonds. The van der Waals surface area contributed by atoms with E-state index < -0.39 is 92.3 Å². The number of methoxy groups -OCH3 is 1. The van der Waals surface area contributed by atoms with Crippen molar-refractivity contribution in [3.05, 3.63) is 42.6 Å². The quantitative estimate of drug-likeness (QED) is 0.277. The molecule has 1 saturated heterocycles. The number of carbonyl (C=O) groups is 4. The molecule has 1 aromatic carbocycles. The molecule has 0 spiro atoms. The smallest absolute Gasteiger partial charge is 0.408 e. The lowest BCUT2D eigenvalue weighted by atomic mass is 9.88. The minimum absolute atomic E-state index is 0.0122. The van der Waals surface area contributed by atoms with Gasteiger partial charge in [-0.2, -0.15) is 0 Å². The van der Waals surface area contributed by atoms with Crippen LogP contribution in [0.2, 0.25) is 0 Å². The lowest BCUT2D eigenvalue weighted by molar-refractivity contribution is -0.152. The average molecular weight is 836 g/mol. The summed E-state index contributed by atoms with van der Waals surface area (Å²) in [7, 11) is -2.94. The Bertz CT molecular complexity index is 2070. The summed E-state index contributed by atoms with van der Waals surface area (Å²) in [4.78, 5) is 62.2. The number of allylic oxidation sites excluding steroid dienone is 1. The lowest BCUT2D eigenvalue weighted by Gasteiger charge is -2.35. The Morgan fingerprint density at radius 2 is 1.78 bits per heavy atom. The number of aromatic nitrogens is 1. The molecule has 3 N–H and O–H groups in total. The third-order valence-corrected chi connectivity index (χ3v) is 14.3. The molecule has 2 aromatic rings. The second-order valence-electron chi connectivity index (χ2n) is 16.9. The topological polar surface area (TPSA) is 182 Å². The Labute approximate surface area is 336 Å². The van der Waals surface area contributed by atoms with Gasteiger partial charge in [-0.05, 0) is 70.3 Å². The molecule has 0 radical (unpaired) electrons. The monoisotopic (exact) mass is 835 g/mol. The zero-order valence-corrected chi connectivity index (χ0v) is 34.3. The second kappa shape index (κ2) is 15.9. The predicted molar refractivity (Wildman–Crippen MR) is 206 cm³/mol. The van der Waals surface area contributed by atoms with E-state index >= 15 is 0 Å². The van der Waals surface area contributed by atoms with Crippen LogP contribution < -0.4 is 24.8 Å². The van der Waals surface area contributed by atoms with Gasteiger partial charge in [0.1, 0.15) is 40.9 Å². The van der Waals surface area contributed by atoms with E-state index in [1.54, 1.807) is 25.1 Å². The van der Waals surface area contributed by atoms with E-state index in [9.17, 15) is 40.8 Å². The maximum Gasteiger partial charge on any atom is 0.408 e. The van der Waals surface area contributed by atoms with E-state index in [1.165, 1.54) is 18.2 Å². The van der Waals surface area contributed by atoms with Crippen LogP contribution in [-0.4, -0.2) is 102 Å². The molecule has 318 valence electrons. The van der Waals surface area contributed by atoms with E-state index in [-0.39, 0.29) is 44.0 Å². The number of hydrogen-bond donors (Lipinski definition) is 3. The molecule has 1 aromatic heterocycles. The van der Waals surface area contributed by atoms with Crippen molar-refractivity contribution in [2.75, 3.05) is 20.3 Å². The summed E-state index contributed by atoms with van der Waals surface area (Å²) in [5.41, 5.74) is -3.97. The third kappa shape index (κ3) is 8.43. The minimum Gasteiger partial charge on any atom is -0.494 e. The third-order valence-electron chi connectivity index (χ3n) is 12.2. The van der Waals surface area contributed by atoms with Crippen LogP contribution in [0.25, 0.3) is 10.8 Å². The van der Waals surface area contributed by atoms with Crippen LogP contribution >= 0.6 is 0 Å². The molecule has 6 rings (SSSR count). The molecule has 3 heterocycles. The number of pyridine rings is 1. The molecular formula is C40H52F3N5O9S. The molecule has 58 heavy (non-hydrogen) atoms. The standard InChI is InChI=1S/C40H52F3N5O9S/c1-23-11-7-8-12-25-19-40(25,35(51)47-58(53,54)39(22-41)15-16-39)46-32(49)29-18-26(56-33-28-14-10-9-13-27(28)30(55-6)20-44-33)21-48(29)34(50)31(24(2)17-23)45-36(52)57-37(3,4)38(5,42)43/h8-10,12-14,20,23-26,29,31H,7,11,15-19,21-22H2,1-6H3,(H,45,52)(H,46,49)(H,47,51)/b12-8-/t23-,24+,25+,26+,29-,31-,40+/m0/s1. The van der Waals surface area contributed by atoms with Crippen molar-refractivity contribution in [1.29, 1.82) is 0 Å². The van der Waals surface area contributed by atoms with Crippen LogP contribution in [0.5, 0.6) is 11.6 Å². The number of nitrogens with one attached hydrogen (secondary N) is 3. The van der Waals surface area contributed by atoms with Gasteiger partial charge in [0.25, 0.3) is 11.8 Å². The SMILES string of the molecule is COc1cnc(O[C@@H]2C[C@H]3C(=O)N[C@]4(C(=O)NS(=O)(=O)C5(CF)CC5)C[C@H]4/C=C\CC[C@H](C)C[C@@H](C)[C@H](NC(=O)OC(C)(C)C(C)(F)F)C(=O)N3C2)c2ccccc12. The first kappa shape index (κ1) is 43.0. The van der Waals surface area contributed by atoms with Gasteiger partial charge < -0.3 is 29.7 Å². The Morgan fingerprint density at radius 3 is 2.41 bits per heavy atom. The Kier molecular flexibility index (Phi) is 11.8. The van der Waals surface area contributed by atoms with Gasteiger partial charge in [0, 0.05) is 30.0 Å². The van der Waals surface area contributed by atoms with Crippen LogP contribution in [0.15, 0.2) is 42.6 Å². The molecule has 14 nitrogen and oxygen atoms in total. The molecule has 7 atom stereocenters. The van der Waals surface area contributed by atoms with Gasteiger partial charge in [-0.25, -0.2) is 31.4 Å². The van der Waals surface area contributed by atoms with Crippen molar-refractivity contribution in [1.82, 2.24) is 25.2 Å². The van der Waals surface area contributed by atoms with E-state index in [4.69, 9.17) is 14.2 Å². The number of amides is 4. The normalized spacial score (nSPS) is 29.4. The molecule has 0 bridgehead atoms. The van der Waals surface area contributed by atoms with Crippen LogP contribution in [0, 0.1) is 17.8 Å². The van der Waals surface area contributed by atoms with E-state index in [2.05, 4.69) is 15.6 Å². The highest BCUT2D eigenvalue weighted by Crippen LogP contribution is 2.48. The van der Waals surface area contributed by atoms with Crippen LogP contribution in [0.3, 0.4) is 0 Å². The molecule has 18 heteroatoms. The maximum absolute atomic E-state index is 14.8. The number of fused-ring (bicyclic) bond motifs is 3. The van der Waals surface area contributed by atoms with Crippen molar-refractivity contribution in [3.63, 3.8) is 0 Å². The number of alkyl carbamates (subject to hydrolysis) is 1. The summed E-state index contributed by atoms with van der Waals surface area (Å²) in [5, 5.41) is 6.56. The van der Waals surface area contributed by atoms with Crippen molar-refractivity contribution < 1.29 is 55.0 Å². The Morgan fingerprint density at radius 1 is 1.09 bits per heavy atom. The van der Waals surface area contributed by atoms with Gasteiger partial charge in [0.05, 0.1) is 19.9 Å². The summed E-state index contributed by atoms with van der Waals surface area (Å²) < 4.78 is 86.3. The summed E-state index contributed by atoms with van der Waals surface area (Å²) in [6.45, 7) is 5.04. The fraction of sp³-hybridized carbons (Fsp3) is 0.625. The first-order chi connectivity index (χ1) is 27.2. The number of rotatable bonds is 10. The van der Waals surface area contributed by atoms with Gasteiger partial charge in [-0.3, -0.25) is 19.1 Å². The fourth-order valence-corrected chi connectivity index (χ4v) is 9.21. The highest BCUT2D eigenvalue weighted by molar-refractivity contribution is 7.91. The fourth-order valence-electron chi connectivity index (χ4n) is 7.78. The number of nitrogens with zero attached hydrogens (tertiary/aromatic N) is 2. The van der Waals surface area contributed by atoms with Crippen LogP contribution in [0.4, 0.5) is 18.0 Å². The van der Waals surface area contributed by atoms with Crippen LogP contribution in [-0.2, 0) is 29.1 Å². The number of benzene rings is 1.